The van der Waals surface area contributed by atoms with E-state index in [0.717, 1.165) is 16.4 Å². The summed E-state index contributed by atoms with van der Waals surface area (Å²) in [5.41, 5.74) is 8.54. The Morgan fingerprint density at radius 3 is 3.00 bits per heavy atom. The molecule has 14 heavy (non-hydrogen) atoms. The summed E-state index contributed by atoms with van der Waals surface area (Å²) in [6.45, 7) is 2.53. The van der Waals surface area contributed by atoms with Crippen LogP contribution < -0.4 is 5.73 Å². The summed E-state index contributed by atoms with van der Waals surface area (Å²) in [6, 6.07) is 4.00. The highest BCUT2D eigenvalue weighted by Gasteiger charge is 2.04. The maximum absolute atomic E-state index is 5.49. The van der Waals surface area contributed by atoms with Crippen molar-refractivity contribution < 1.29 is 0 Å². The van der Waals surface area contributed by atoms with Crippen molar-refractivity contribution >= 4 is 11.3 Å². The minimum Gasteiger partial charge on any atom is -0.325 e. The molecule has 0 saturated heterocycles. The molecule has 0 aliphatic carbocycles. The van der Waals surface area contributed by atoms with Gasteiger partial charge < -0.3 is 5.73 Å². The lowest BCUT2D eigenvalue weighted by molar-refractivity contribution is 1.01. The molecule has 2 N–H and O–H groups in total. The van der Waals surface area contributed by atoms with E-state index in [-0.39, 0.29) is 0 Å². The summed E-state index contributed by atoms with van der Waals surface area (Å²) in [5.74, 6) is 0. The Balaban J connectivity index is 2.39. The van der Waals surface area contributed by atoms with Gasteiger partial charge >= 0.3 is 0 Å². The van der Waals surface area contributed by atoms with Crippen LogP contribution in [-0.2, 0) is 6.54 Å². The lowest BCUT2D eigenvalue weighted by Crippen LogP contribution is -1.95. The van der Waals surface area contributed by atoms with Crippen LogP contribution in [0.3, 0.4) is 0 Å². The van der Waals surface area contributed by atoms with Crippen LogP contribution in [0, 0.1) is 6.92 Å². The van der Waals surface area contributed by atoms with Crippen LogP contribution in [0.1, 0.15) is 11.3 Å². The standard InChI is InChI=1S/C10H11N3S/c1-7-2-3-12-9(4-7)10-13-8(5-11)6-14-10/h2-4,6H,5,11H2,1H3. The third-order valence-corrected chi connectivity index (χ3v) is 2.81. The number of hydrogen-bond donors (Lipinski definition) is 1. The summed E-state index contributed by atoms with van der Waals surface area (Å²) < 4.78 is 0. The number of nitrogens with two attached hydrogens (primary N) is 1. The summed E-state index contributed by atoms with van der Waals surface area (Å²) in [5, 5.41) is 2.91. The summed E-state index contributed by atoms with van der Waals surface area (Å²) in [6.07, 6.45) is 1.80. The molecule has 0 atom stereocenters. The smallest absolute Gasteiger partial charge is 0.142 e. The second-order valence-electron chi connectivity index (χ2n) is 3.07. The summed E-state index contributed by atoms with van der Waals surface area (Å²) >= 11 is 1.58. The van der Waals surface area contributed by atoms with Crippen LogP contribution in [0.25, 0.3) is 10.7 Å². The minimum absolute atomic E-state index is 0.488. The molecule has 0 saturated carbocycles. The zero-order valence-electron chi connectivity index (χ0n) is 7.90. The van der Waals surface area contributed by atoms with Crippen molar-refractivity contribution in [3.63, 3.8) is 0 Å². The van der Waals surface area contributed by atoms with Gasteiger partial charge in [0, 0.05) is 18.1 Å². The molecule has 2 heterocycles. The van der Waals surface area contributed by atoms with Crippen LogP contribution in [0.15, 0.2) is 23.7 Å². The van der Waals surface area contributed by atoms with Gasteiger partial charge in [-0.25, -0.2) is 4.98 Å². The van der Waals surface area contributed by atoms with Crippen LogP contribution in [0.5, 0.6) is 0 Å². The Labute approximate surface area is 86.6 Å². The molecule has 2 rings (SSSR count). The van der Waals surface area contributed by atoms with Gasteiger partial charge in [0.25, 0.3) is 0 Å². The quantitative estimate of drug-likeness (QED) is 0.815. The van der Waals surface area contributed by atoms with Gasteiger partial charge in [-0.3, -0.25) is 4.98 Å². The van der Waals surface area contributed by atoms with E-state index in [1.165, 1.54) is 5.56 Å². The number of rotatable bonds is 2. The molecule has 0 radical (unpaired) electrons. The number of aryl methyl sites for hydroxylation is 1. The molecule has 0 aliphatic heterocycles. The second kappa shape index (κ2) is 3.86. The molecule has 0 fully saturated rings. The normalized spacial score (nSPS) is 10.4. The van der Waals surface area contributed by atoms with E-state index >= 15 is 0 Å². The average Bonchev–Trinajstić information content (AvgIpc) is 2.66. The molecule has 0 spiro atoms. The van der Waals surface area contributed by atoms with E-state index in [9.17, 15) is 0 Å². The zero-order valence-corrected chi connectivity index (χ0v) is 8.71. The Bertz CT molecular complexity index is 436. The highest BCUT2D eigenvalue weighted by molar-refractivity contribution is 7.13. The maximum atomic E-state index is 5.49. The van der Waals surface area contributed by atoms with Gasteiger partial charge in [0.1, 0.15) is 5.01 Å². The molecular formula is C10H11N3S. The molecule has 0 unspecified atom stereocenters. The lowest BCUT2D eigenvalue weighted by atomic mass is 10.2. The van der Waals surface area contributed by atoms with Crippen molar-refractivity contribution in [2.24, 2.45) is 5.73 Å². The second-order valence-corrected chi connectivity index (χ2v) is 3.92. The van der Waals surface area contributed by atoms with E-state index < -0.39 is 0 Å². The van der Waals surface area contributed by atoms with E-state index in [0.29, 0.717) is 6.54 Å². The molecule has 2 aromatic rings. The van der Waals surface area contributed by atoms with Crippen molar-refractivity contribution in [2.75, 3.05) is 0 Å². The van der Waals surface area contributed by atoms with Crippen molar-refractivity contribution in [3.8, 4) is 10.7 Å². The first-order valence-electron chi connectivity index (χ1n) is 4.37. The van der Waals surface area contributed by atoms with E-state index in [1.807, 2.05) is 24.4 Å². The highest BCUT2D eigenvalue weighted by Crippen LogP contribution is 2.21. The van der Waals surface area contributed by atoms with Gasteiger partial charge in [0.2, 0.25) is 0 Å². The van der Waals surface area contributed by atoms with Gasteiger partial charge in [0.15, 0.2) is 0 Å². The molecule has 2 aromatic heterocycles. The van der Waals surface area contributed by atoms with Gasteiger partial charge in [-0.2, -0.15) is 0 Å². The molecular weight excluding hydrogens is 194 g/mol. The third kappa shape index (κ3) is 1.81. The first kappa shape index (κ1) is 9.30. The fourth-order valence-electron chi connectivity index (χ4n) is 1.17. The molecule has 0 aliphatic rings. The van der Waals surface area contributed by atoms with Crippen molar-refractivity contribution in [3.05, 3.63) is 35.0 Å². The number of hydrogen-bond acceptors (Lipinski definition) is 4. The predicted molar refractivity (Wildman–Crippen MR) is 58.0 cm³/mol. The fourth-order valence-corrected chi connectivity index (χ4v) is 1.97. The van der Waals surface area contributed by atoms with E-state index in [1.54, 1.807) is 17.5 Å². The molecule has 0 bridgehead atoms. The fraction of sp³-hybridized carbons (Fsp3) is 0.200. The molecule has 0 aromatic carbocycles. The number of aromatic nitrogens is 2. The van der Waals surface area contributed by atoms with Gasteiger partial charge in [-0.1, -0.05) is 0 Å². The molecule has 0 amide bonds. The predicted octanol–water partition coefficient (Wildman–Crippen LogP) is 1.97. The monoisotopic (exact) mass is 205 g/mol. The molecule has 4 heteroatoms. The van der Waals surface area contributed by atoms with Crippen molar-refractivity contribution in [1.82, 2.24) is 9.97 Å². The first-order valence-corrected chi connectivity index (χ1v) is 5.25. The van der Waals surface area contributed by atoms with Crippen LogP contribution in [0.2, 0.25) is 0 Å². The van der Waals surface area contributed by atoms with Gasteiger partial charge in [-0.05, 0) is 24.6 Å². The number of pyridine rings is 1. The van der Waals surface area contributed by atoms with Crippen LogP contribution in [0.4, 0.5) is 0 Å². The Morgan fingerprint density at radius 2 is 2.36 bits per heavy atom. The SMILES string of the molecule is Cc1ccnc(-c2nc(CN)cs2)c1. The largest absolute Gasteiger partial charge is 0.325 e. The zero-order chi connectivity index (χ0) is 9.97. The number of nitrogens with zero attached hydrogens (tertiary/aromatic N) is 2. The Morgan fingerprint density at radius 1 is 1.50 bits per heavy atom. The highest BCUT2D eigenvalue weighted by atomic mass is 32.1. The lowest BCUT2D eigenvalue weighted by Gasteiger charge is -1.96. The first-order chi connectivity index (χ1) is 6.79. The Hall–Kier alpha value is -1.26. The van der Waals surface area contributed by atoms with Crippen LogP contribution in [-0.4, -0.2) is 9.97 Å². The van der Waals surface area contributed by atoms with Crippen molar-refractivity contribution in [2.45, 2.75) is 13.5 Å². The summed E-state index contributed by atoms with van der Waals surface area (Å²) in [7, 11) is 0. The topological polar surface area (TPSA) is 51.8 Å². The van der Waals surface area contributed by atoms with E-state index in [4.69, 9.17) is 5.73 Å². The number of thiazole rings is 1. The molecule has 3 nitrogen and oxygen atoms in total. The van der Waals surface area contributed by atoms with Gasteiger partial charge in [0.05, 0.1) is 11.4 Å². The maximum Gasteiger partial charge on any atom is 0.142 e. The van der Waals surface area contributed by atoms with Gasteiger partial charge in [-0.15, -0.1) is 11.3 Å². The van der Waals surface area contributed by atoms with Crippen LogP contribution >= 0.6 is 11.3 Å². The summed E-state index contributed by atoms with van der Waals surface area (Å²) in [4.78, 5) is 8.64. The minimum atomic E-state index is 0.488. The average molecular weight is 205 g/mol. The van der Waals surface area contributed by atoms with Crippen molar-refractivity contribution in [1.29, 1.82) is 0 Å². The Kier molecular flexibility index (Phi) is 2.56. The van der Waals surface area contributed by atoms with E-state index in [2.05, 4.69) is 9.97 Å². The third-order valence-electron chi connectivity index (χ3n) is 1.90. The molecule has 72 valence electrons.